The second kappa shape index (κ2) is 4.79. The van der Waals surface area contributed by atoms with E-state index in [2.05, 4.69) is 10.3 Å². The van der Waals surface area contributed by atoms with Crippen molar-refractivity contribution in [1.29, 1.82) is 0 Å². The zero-order valence-electron chi connectivity index (χ0n) is 9.80. The molecule has 94 valence electrons. The first kappa shape index (κ1) is 12.0. The molecule has 1 aromatic carbocycles. The van der Waals surface area contributed by atoms with Crippen LogP contribution >= 0.6 is 0 Å². The average Bonchev–Trinajstić information content (AvgIpc) is 2.74. The molecule has 0 fully saturated rings. The van der Waals surface area contributed by atoms with Gasteiger partial charge in [-0.2, -0.15) is 0 Å². The van der Waals surface area contributed by atoms with Crippen molar-refractivity contribution in [3.63, 3.8) is 0 Å². The van der Waals surface area contributed by atoms with E-state index in [0.29, 0.717) is 23.8 Å². The molecule has 0 saturated heterocycles. The maximum absolute atomic E-state index is 10.8. The lowest BCUT2D eigenvalue weighted by molar-refractivity contribution is 0.0697. The van der Waals surface area contributed by atoms with Crippen LogP contribution in [0.3, 0.4) is 0 Å². The van der Waals surface area contributed by atoms with Gasteiger partial charge in [-0.3, -0.25) is 0 Å². The normalized spacial score (nSPS) is 10.3. The van der Waals surface area contributed by atoms with Crippen LogP contribution in [0.1, 0.15) is 22.0 Å². The van der Waals surface area contributed by atoms with Gasteiger partial charge >= 0.3 is 5.97 Å². The van der Waals surface area contributed by atoms with Crippen molar-refractivity contribution in [3.8, 4) is 0 Å². The number of nitrogens with one attached hydrogen (secondary N) is 1. The molecule has 0 spiro atoms. The Hall–Kier alpha value is -2.50. The zero-order valence-corrected chi connectivity index (χ0v) is 9.80. The zero-order chi connectivity index (χ0) is 13.1. The lowest BCUT2D eigenvalue weighted by atomic mass is 10.1. The van der Waals surface area contributed by atoms with Gasteiger partial charge in [0.25, 0.3) is 0 Å². The predicted octanol–water partition coefficient (Wildman–Crippen LogP) is 1.88. The first-order valence-corrected chi connectivity index (χ1v) is 5.34. The van der Waals surface area contributed by atoms with Crippen LogP contribution in [0, 0.1) is 6.92 Å². The summed E-state index contributed by atoms with van der Waals surface area (Å²) in [6, 6.07) is 4.48. The molecule has 4 N–H and O–H groups in total. The van der Waals surface area contributed by atoms with Crippen molar-refractivity contribution < 1.29 is 14.3 Å². The molecule has 0 unspecified atom stereocenters. The van der Waals surface area contributed by atoms with Crippen LogP contribution in [0.5, 0.6) is 0 Å². The number of nitrogens with zero attached hydrogens (tertiary/aromatic N) is 1. The second-order valence-electron chi connectivity index (χ2n) is 3.83. The smallest absolute Gasteiger partial charge is 0.335 e. The largest absolute Gasteiger partial charge is 0.478 e. The monoisotopic (exact) mass is 247 g/mol. The van der Waals surface area contributed by atoms with Crippen molar-refractivity contribution in [1.82, 2.24) is 4.98 Å². The molecule has 1 aromatic heterocycles. The number of hydrogen-bond acceptors (Lipinski definition) is 5. The first-order chi connectivity index (χ1) is 8.56. The number of anilines is 2. The third kappa shape index (κ3) is 2.60. The molecule has 0 aliphatic heterocycles. The molecule has 0 aliphatic rings. The molecule has 18 heavy (non-hydrogen) atoms. The Morgan fingerprint density at radius 3 is 2.94 bits per heavy atom. The predicted molar refractivity (Wildman–Crippen MR) is 66.4 cm³/mol. The fraction of sp³-hybridized carbons (Fsp3) is 0.167. The number of aromatic carboxylic acids is 1. The van der Waals surface area contributed by atoms with E-state index in [0.717, 1.165) is 5.76 Å². The Labute approximate surface area is 103 Å². The molecule has 0 atom stereocenters. The molecular weight excluding hydrogens is 234 g/mol. The highest BCUT2D eigenvalue weighted by Crippen LogP contribution is 2.20. The molecule has 0 radical (unpaired) electrons. The van der Waals surface area contributed by atoms with E-state index < -0.39 is 5.97 Å². The molecule has 0 aliphatic carbocycles. The Morgan fingerprint density at radius 1 is 1.56 bits per heavy atom. The summed E-state index contributed by atoms with van der Waals surface area (Å²) in [5.41, 5.74) is 6.95. The van der Waals surface area contributed by atoms with E-state index in [4.69, 9.17) is 15.3 Å². The number of rotatable bonds is 4. The average molecular weight is 247 g/mol. The number of aromatic nitrogens is 1. The molecule has 0 bridgehead atoms. The third-order valence-electron chi connectivity index (χ3n) is 2.40. The van der Waals surface area contributed by atoms with E-state index in [-0.39, 0.29) is 5.56 Å². The fourth-order valence-electron chi connectivity index (χ4n) is 1.50. The van der Waals surface area contributed by atoms with Gasteiger partial charge in [-0.15, -0.1) is 0 Å². The van der Waals surface area contributed by atoms with Gasteiger partial charge < -0.3 is 20.6 Å². The van der Waals surface area contributed by atoms with E-state index in [1.165, 1.54) is 12.1 Å². The second-order valence-corrected chi connectivity index (χ2v) is 3.83. The number of carboxylic acids is 1. The van der Waals surface area contributed by atoms with E-state index in [1.54, 1.807) is 19.2 Å². The standard InChI is InChI=1S/C12H13N3O3/c1-7-5-15-11(18-7)6-14-10-4-8(12(16)17)2-3-9(10)13/h2-5,14H,6,13H2,1H3,(H,16,17). The van der Waals surface area contributed by atoms with Crippen LogP contribution in [-0.2, 0) is 6.54 Å². The van der Waals surface area contributed by atoms with Crippen molar-refractivity contribution in [2.45, 2.75) is 13.5 Å². The van der Waals surface area contributed by atoms with Gasteiger partial charge in [0.2, 0.25) is 5.89 Å². The minimum absolute atomic E-state index is 0.176. The Kier molecular flexibility index (Phi) is 3.18. The highest BCUT2D eigenvalue weighted by Gasteiger charge is 2.07. The van der Waals surface area contributed by atoms with E-state index in [1.807, 2.05) is 0 Å². The van der Waals surface area contributed by atoms with Gasteiger partial charge in [-0.1, -0.05) is 0 Å². The Balaban J connectivity index is 2.13. The van der Waals surface area contributed by atoms with Crippen molar-refractivity contribution in [2.75, 3.05) is 11.1 Å². The number of aryl methyl sites for hydroxylation is 1. The summed E-state index contributed by atoms with van der Waals surface area (Å²) in [6.45, 7) is 2.15. The number of carbonyl (C=O) groups is 1. The number of hydrogen-bond donors (Lipinski definition) is 3. The Morgan fingerprint density at radius 2 is 2.33 bits per heavy atom. The lowest BCUT2D eigenvalue weighted by Crippen LogP contribution is -2.05. The molecule has 2 rings (SSSR count). The number of nitrogen functional groups attached to an aromatic ring is 1. The molecular formula is C12H13N3O3. The van der Waals surface area contributed by atoms with Gasteiger partial charge in [-0.25, -0.2) is 9.78 Å². The van der Waals surface area contributed by atoms with Crippen LogP contribution in [0.25, 0.3) is 0 Å². The van der Waals surface area contributed by atoms with Crippen LogP contribution in [0.2, 0.25) is 0 Å². The van der Waals surface area contributed by atoms with Gasteiger partial charge in [-0.05, 0) is 25.1 Å². The fourth-order valence-corrected chi connectivity index (χ4v) is 1.50. The van der Waals surface area contributed by atoms with Gasteiger partial charge in [0.05, 0.1) is 29.7 Å². The third-order valence-corrected chi connectivity index (χ3v) is 2.40. The quantitative estimate of drug-likeness (QED) is 0.713. The van der Waals surface area contributed by atoms with Crippen molar-refractivity contribution in [3.05, 3.63) is 41.6 Å². The lowest BCUT2D eigenvalue weighted by Gasteiger charge is -2.08. The highest BCUT2D eigenvalue weighted by molar-refractivity contribution is 5.90. The maximum atomic E-state index is 10.8. The molecule has 6 heteroatoms. The van der Waals surface area contributed by atoms with Crippen LogP contribution in [-0.4, -0.2) is 16.1 Å². The molecule has 1 heterocycles. The summed E-state index contributed by atoms with van der Waals surface area (Å²) in [5.74, 6) is 0.247. The van der Waals surface area contributed by atoms with E-state index in [9.17, 15) is 4.79 Å². The minimum Gasteiger partial charge on any atom is -0.478 e. The minimum atomic E-state index is -0.995. The molecule has 2 aromatic rings. The van der Waals surface area contributed by atoms with Gasteiger partial charge in [0, 0.05) is 0 Å². The SMILES string of the molecule is Cc1cnc(CNc2cc(C(=O)O)ccc2N)o1. The number of nitrogens with two attached hydrogens (primary N) is 1. The van der Waals surface area contributed by atoms with Crippen LogP contribution < -0.4 is 11.1 Å². The van der Waals surface area contributed by atoms with Crippen molar-refractivity contribution in [2.24, 2.45) is 0 Å². The highest BCUT2D eigenvalue weighted by atomic mass is 16.4. The summed E-state index contributed by atoms with van der Waals surface area (Å²) in [5, 5.41) is 11.9. The van der Waals surface area contributed by atoms with Gasteiger partial charge in [0.15, 0.2) is 0 Å². The topological polar surface area (TPSA) is 101 Å². The number of oxazole rings is 1. The van der Waals surface area contributed by atoms with Crippen molar-refractivity contribution >= 4 is 17.3 Å². The summed E-state index contributed by atoms with van der Waals surface area (Å²) in [4.78, 5) is 14.9. The number of carboxylic acid groups (broad SMARTS) is 1. The summed E-state index contributed by atoms with van der Waals surface area (Å²) in [7, 11) is 0. The van der Waals surface area contributed by atoms with Gasteiger partial charge in [0.1, 0.15) is 5.76 Å². The number of benzene rings is 1. The summed E-state index contributed by atoms with van der Waals surface area (Å²) >= 11 is 0. The first-order valence-electron chi connectivity index (χ1n) is 5.34. The van der Waals surface area contributed by atoms with Crippen LogP contribution in [0.15, 0.2) is 28.8 Å². The summed E-state index contributed by atoms with van der Waals surface area (Å²) < 4.78 is 5.29. The maximum Gasteiger partial charge on any atom is 0.335 e. The van der Waals surface area contributed by atoms with E-state index >= 15 is 0 Å². The Bertz CT molecular complexity index is 578. The molecule has 0 saturated carbocycles. The summed E-state index contributed by atoms with van der Waals surface area (Å²) in [6.07, 6.45) is 1.62. The molecule has 6 nitrogen and oxygen atoms in total. The van der Waals surface area contributed by atoms with Crippen LogP contribution in [0.4, 0.5) is 11.4 Å². The molecule has 0 amide bonds.